The van der Waals surface area contributed by atoms with Crippen LogP contribution in [0.3, 0.4) is 0 Å². The van der Waals surface area contributed by atoms with Crippen LogP contribution in [0.25, 0.3) is 16.9 Å². The van der Waals surface area contributed by atoms with Crippen LogP contribution in [0.4, 0.5) is 0 Å². The van der Waals surface area contributed by atoms with Crippen molar-refractivity contribution >= 4 is 5.91 Å². The molecule has 0 saturated carbocycles. The second kappa shape index (κ2) is 8.21. The molecule has 1 amide bonds. The van der Waals surface area contributed by atoms with Gasteiger partial charge in [0.1, 0.15) is 5.69 Å². The lowest BCUT2D eigenvalue weighted by molar-refractivity contribution is 0.0636. The van der Waals surface area contributed by atoms with Gasteiger partial charge in [0, 0.05) is 30.9 Å². The van der Waals surface area contributed by atoms with E-state index in [1.807, 2.05) is 64.3 Å². The van der Waals surface area contributed by atoms with Crippen molar-refractivity contribution in [1.29, 1.82) is 0 Å². The van der Waals surface area contributed by atoms with E-state index in [1.54, 1.807) is 0 Å². The number of hydrogen-bond donors (Lipinski definition) is 0. The van der Waals surface area contributed by atoms with Crippen LogP contribution in [0.15, 0.2) is 60.8 Å². The van der Waals surface area contributed by atoms with Crippen molar-refractivity contribution in [2.75, 3.05) is 27.2 Å². The molecule has 4 rings (SSSR count). The molecule has 0 bridgehead atoms. The average molecular weight is 389 g/mol. The number of rotatable bonds is 4. The Hall–Kier alpha value is -2.92. The number of likely N-dealkylation sites (N-methyl/N-ethyl adjacent to an activating group) is 1. The Kier molecular flexibility index (Phi) is 5.49. The van der Waals surface area contributed by atoms with E-state index in [2.05, 4.69) is 32.0 Å². The fraction of sp³-hybridized carbons (Fsp3) is 0.333. The van der Waals surface area contributed by atoms with Crippen LogP contribution in [0.2, 0.25) is 0 Å². The molecule has 2 aromatic carbocycles. The maximum atomic E-state index is 13.6. The minimum atomic E-state index is 0.0667. The highest BCUT2D eigenvalue weighted by Gasteiger charge is 2.29. The van der Waals surface area contributed by atoms with Crippen LogP contribution in [0, 0.1) is 6.92 Å². The van der Waals surface area contributed by atoms with Gasteiger partial charge in [0.15, 0.2) is 0 Å². The lowest BCUT2D eigenvalue weighted by Gasteiger charge is -2.36. The van der Waals surface area contributed by atoms with Crippen molar-refractivity contribution in [1.82, 2.24) is 19.6 Å². The van der Waals surface area contributed by atoms with Crippen LogP contribution in [0.5, 0.6) is 0 Å². The van der Waals surface area contributed by atoms with Gasteiger partial charge in [-0.3, -0.25) is 4.79 Å². The first-order valence-corrected chi connectivity index (χ1v) is 10.2. The highest BCUT2D eigenvalue weighted by molar-refractivity contribution is 6.00. The predicted octanol–water partition coefficient (Wildman–Crippen LogP) is 4.01. The molecule has 0 radical (unpaired) electrons. The molecule has 1 atom stereocenters. The number of hydrogen-bond acceptors (Lipinski definition) is 3. The Balaban J connectivity index is 1.76. The number of aryl methyl sites for hydroxylation is 1. The van der Waals surface area contributed by atoms with Gasteiger partial charge in [-0.15, -0.1) is 0 Å². The fourth-order valence-corrected chi connectivity index (χ4v) is 4.01. The third-order valence-electron chi connectivity index (χ3n) is 5.78. The number of nitrogens with zero attached hydrogens (tertiary/aromatic N) is 4. The number of carbonyl (C=O) groups is 1. The summed E-state index contributed by atoms with van der Waals surface area (Å²) < 4.78 is 1.82. The van der Waals surface area contributed by atoms with Crippen molar-refractivity contribution in [3.8, 4) is 16.9 Å². The molecule has 3 aromatic rings. The normalized spacial score (nSPS) is 17.0. The first kappa shape index (κ1) is 19.4. The Morgan fingerprint density at radius 1 is 1.07 bits per heavy atom. The van der Waals surface area contributed by atoms with E-state index in [9.17, 15) is 4.79 Å². The monoisotopic (exact) mass is 388 g/mol. The van der Waals surface area contributed by atoms with Gasteiger partial charge < -0.3 is 9.80 Å². The average Bonchev–Trinajstić information content (AvgIpc) is 3.19. The quantitative estimate of drug-likeness (QED) is 0.678. The molecule has 0 aliphatic carbocycles. The minimum Gasteiger partial charge on any atom is -0.337 e. The smallest absolute Gasteiger partial charge is 0.257 e. The number of amides is 1. The topological polar surface area (TPSA) is 41.4 Å². The zero-order valence-corrected chi connectivity index (χ0v) is 17.4. The summed E-state index contributed by atoms with van der Waals surface area (Å²) in [5, 5.41) is 4.84. The molecule has 1 saturated heterocycles. The molecule has 1 fully saturated rings. The van der Waals surface area contributed by atoms with Gasteiger partial charge in [-0.1, -0.05) is 42.5 Å². The highest BCUT2D eigenvalue weighted by atomic mass is 16.2. The fourth-order valence-electron chi connectivity index (χ4n) is 4.01. The second-order valence-electron chi connectivity index (χ2n) is 8.00. The summed E-state index contributed by atoms with van der Waals surface area (Å²) in [6.07, 6.45) is 4.05. The number of carbonyl (C=O) groups excluding carboxylic acids is 1. The van der Waals surface area contributed by atoms with E-state index >= 15 is 0 Å². The van der Waals surface area contributed by atoms with Crippen LogP contribution in [0.1, 0.15) is 28.8 Å². The van der Waals surface area contributed by atoms with E-state index in [4.69, 9.17) is 5.10 Å². The molecule has 5 nitrogen and oxygen atoms in total. The van der Waals surface area contributed by atoms with E-state index in [-0.39, 0.29) is 5.91 Å². The lowest BCUT2D eigenvalue weighted by Crippen LogP contribution is -2.47. The SMILES string of the molecule is Cc1ccccc1-c1nn(-c2ccccc2)cc1C(=O)N1CCCC(N(C)C)C1. The molecule has 0 N–H and O–H groups in total. The largest absolute Gasteiger partial charge is 0.337 e. The van der Waals surface area contributed by atoms with Crippen molar-refractivity contribution in [2.45, 2.75) is 25.8 Å². The third-order valence-corrected chi connectivity index (χ3v) is 5.78. The summed E-state index contributed by atoms with van der Waals surface area (Å²) in [5.41, 5.74) is 4.49. The summed E-state index contributed by atoms with van der Waals surface area (Å²) in [7, 11) is 4.18. The molecule has 5 heteroatoms. The van der Waals surface area contributed by atoms with Crippen LogP contribution < -0.4 is 0 Å². The van der Waals surface area contributed by atoms with E-state index in [0.29, 0.717) is 11.6 Å². The first-order valence-electron chi connectivity index (χ1n) is 10.2. The van der Waals surface area contributed by atoms with Gasteiger partial charge in [0.05, 0.1) is 11.3 Å². The zero-order valence-electron chi connectivity index (χ0n) is 17.4. The maximum absolute atomic E-state index is 13.6. The van der Waals surface area contributed by atoms with Crippen LogP contribution in [-0.2, 0) is 0 Å². The first-order chi connectivity index (χ1) is 14.0. The molecule has 0 spiro atoms. The van der Waals surface area contributed by atoms with Gasteiger partial charge in [0.2, 0.25) is 0 Å². The number of aromatic nitrogens is 2. The van der Waals surface area contributed by atoms with Crippen LogP contribution in [-0.4, -0.2) is 58.7 Å². The third kappa shape index (κ3) is 3.96. The Labute approximate surface area is 172 Å². The molecular weight excluding hydrogens is 360 g/mol. The van der Waals surface area contributed by atoms with Crippen molar-refractivity contribution in [3.05, 3.63) is 71.9 Å². The minimum absolute atomic E-state index is 0.0667. The predicted molar refractivity (Wildman–Crippen MR) is 116 cm³/mol. The molecule has 1 aliphatic rings. The Bertz CT molecular complexity index is 993. The molecule has 2 heterocycles. The summed E-state index contributed by atoms with van der Waals surface area (Å²) in [4.78, 5) is 17.8. The van der Waals surface area contributed by atoms with Crippen molar-refractivity contribution in [3.63, 3.8) is 0 Å². The highest BCUT2D eigenvalue weighted by Crippen LogP contribution is 2.28. The Morgan fingerprint density at radius 3 is 2.52 bits per heavy atom. The Morgan fingerprint density at radius 2 is 1.79 bits per heavy atom. The maximum Gasteiger partial charge on any atom is 0.257 e. The number of likely N-dealkylation sites (tertiary alicyclic amines) is 1. The molecular formula is C24H28N4O. The van der Waals surface area contributed by atoms with Gasteiger partial charge in [-0.2, -0.15) is 5.10 Å². The van der Waals surface area contributed by atoms with Gasteiger partial charge in [-0.05, 0) is 51.6 Å². The second-order valence-corrected chi connectivity index (χ2v) is 8.00. The van der Waals surface area contributed by atoms with E-state index < -0.39 is 0 Å². The van der Waals surface area contributed by atoms with E-state index in [0.717, 1.165) is 48.4 Å². The van der Waals surface area contributed by atoms with Gasteiger partial charge >= 0.3 is 0 Å². The van der Waals surface area contributed by atoms with Crippen molar-refractivity contribution in [2.24, 2.45) is 0 Å². The summed E-state index contributed by atoms with van der Waals surface area (Å²) in [6, 6.07) is 18.5. The standard InChI is InChI=1S/C24H28N4O/c1-18-10-7-8-14-21(18)23-22(17-28(25-23)19-11-5-4-6-12-19)24(29)27-15-9-13-20(16-27)26(2)3/h4-8,10-12,14,17,20H,9,13,15-16H2,1-3H3. The number of benzene rings is 2. The molecule has 1 aromatic heterocycles. The summed E-state index contributed by atoms with van der Waals surface area (Å²) in [6.45, 7) is 3.62. The van der Waals surface area contributed by atoms with Gasteiger partial charge in [0.25, 0.3) is 5.91 Å². The van der Waals surface area contributed by atoms with Crippen molar-refractivity contribution < 1.29 is 4.79 Å². The molecule has 29 heavy (non-hydrogen) atoms. The summed E-state index contributed by atoms with van der Waals surface area (Å²) in [5.74, 6) is 0.0667. The zero-order chi connectivity index (χ0) is 20.4. The van der Waals surface area contributed by atoms with E-state index in [1.165, 1.54) is 0 Å². The molecule has 150 valence electrons. The summed E-state index contributed by atoms with van der Waals surface area (Å²) >= 11 is 0. The molecule has 1 aliphatic heterocycles. The van der Waals surface area contributed by atoms with Crippen LogP contribution >= 0.6 is 0 Å². The van der Waals surface area contributed by atoms with Gasteiger partial charge in [-0.25, -0.2) is 4.68 Å². The molecule has 1 unspecified atom stereocenters. The number of piperidine rings is 1. The number of para-hydroxylation sites is 1. The lowest BCUT2D eigenvalue weighted by atomic mass is 10.0.